The Kier molecular flexibility index (Phi) is 16.4. The second-order valence-corrected chi connectivity index (χ2v) is 19.2. The molecule has 10 rings (SSSR count). The standard InChI is InChI=1S/2C27H27FN4O2S/c2*28-21-6-4-19(5-7-21)26(24-3-1-2-12-29-24)31-27(33)20-10-13-32(14-11-20)15-16-34-22-8-9-23-25(17-22)35-18-30-23/h2*1-9,12,17-18,20,26H,10-11,13-16H2,(H,31,33). The number of pyridine rings is 2. The minimum atomic E-state index is -0.411. The molecule has 0 bridgehead atoms. The molecule has 2 saturated heterocycles. The molecule has 2 unspecified atom stereocenters. The highest BCUT2D eigenvalue weighted by molar-refractivity contribution is 7.17. The van der Waals surface area contributed by atoms with Crippen molar-refractivity contribution in [2.24, 2.45) is 11.8 Å². The van der Waals surface area contributed by atoms with Crippen molar-refractivity contribution < 1.29 is 27.8 Å². The maximum Gasteiger partial charge on any atom is 0.224 e. The van der Waals surface area contributed by atoms with Gasteiger partial charge in [0, 0.05) is 37.3 Å². The molecule has 0 aliphatic carbocycles. The van der Waals surface area contributed by atoms with Crippen LogP contribution < -0.4 is 20.1 Å². The van der Waals surface area contributed by atoms with Gasteiger partial charge in [-0.3, -0.25) is 29.4 Å². The van der Waals surface area contributed by atoms with E-state index in [9.17, 15) is 18.4 Å². The first-order valence-corrected chi connectivity index (χ1v) is 25.4. The lowest BCUT2D eigenvalue weighted by Crippen LogP contribution is -2.42. The minimum absolute atomic E-state index is 0.0127. The van der Waals surface area contributed by atoms with Gasteiger partial charge < -0.3 is 20.1 Å². The number of carbonyl (C=O) groups excluding carboxylic acids is 2. The van der Waals surface area contributed by atoms with Gasteiger partial charge in [0.2, 0.25) is 11.8 Å². The predicted octanol–water partition coefficient (Wildman–Crippen LogP) is 9.65. The molecule has 2 fully saturated rings. The van der Waals surface area contributed by atoms with Gasteiger partial charge in [0.05, 0.1) is 54.9 Å². The van der Waals surface area contributed by atoms with Crippen LogP contribution >= 0.6 is 22.7 Å². The van der Waals surface area contributed by atoms with Crippen LogP contribution in [0.15, 0.2) is 145 Å². The monoisotopic (exact) mass is 980 g/mol. The molecule has 2 aliphatic rings. The molecule has 16 heteroatoms. The third kappa shape index (κ3) is 12.9. The van der Waals surface area contributed by atoms with Gasteiger partial charge in [0.1, 0.15) is 36.3 Å². The van der Waals surface area contributed by atoms with Gasteiger partial charge in [0.25, 0.3) is 0 Å². The van der Waals surface area contributed by atoms with E-state index in [1.807, 2.05) is 83.8 Å². The summed E-state index contributed by atoms with van der Waals surface area (Å²) in [5, 5.41) is 6.32. The SMILES string of the molecule is O=C(NC(c1ccc(F)cc1)c1ccccn1)C1CCN(CCOc2ccc3ncsc3c2)CC1.O=C(NC(c1ccc(F)cc1)c1ccccn1)C1CCN(CCOc2ccc3ncsc3c2)CC1. The number of hydrogen-bond acceptors (Lipinski definition) is 12. The highest BCUT2D eigenvalue weighted by Crippen LogP contribution is 2.28. The van der Waals surface area contributed by atoms with Crippen LogP contribution in [0.4, 0.5) is 8.78 Å². The lowest BCUT2D eigenvalue weighted by molar-refractivity contribution is -0.127. The lowest BCUT2D eigenvalue weighted by atomic mass is 9.94. The molecule has 4 aromatic carbocycles. The number of hydrogen-bond donors (Lipinski definition) is 2. The molecule has 2 amide bonds. The number of nitrogens with one attached hydrogen (secondary N) is 2. The molecule has 4 aromatic heterocycles. The Morgan fingerprint density at radius 2 is 0.971 bits per heavy atom. The topological polar surface area (TPSA) is 135 Å². The predicted molar refractivity (Wildman–Crippen MR) is 270 cm³/mol. The summed E-state index contributed by atoms with van der Waals surface area (Å²) in [5.41, 5.74) is 8.76. The van der Waals surface area contributed by atoms with E-state index in [1.165, 1.54) is 24.3 Å². The molecule has 12 nitrogen and oxygen atoms in total. The maximum atomic E-state index is 13.5. The summed E-state index contributed by atoms with van der Waals surface area (Å²) in [6.07, 6.45) is 6.56. The van der Waals surface area contributed by atoms with Crippen molar-refractivity contribution >= 4 is 54.9 Å². The van der Waals surface area contributed by atoms with Crippen LogP contribution in [-0.2, 0) is 9.59 Å². The molecule has 0 spiro atoms. The Morgan fingerprint density at radius 1 is 0.557 bits per heavy atom. The molecule has 2 aliphatic heterocycles. The smallest absolute Gasteiger partial charge is 0.224 e. The number of piperidine rings is 2. The number of nitrogens with zero attached hydrogens (tertiary/aromatic N) is 6. The van der Waals surface area contributed by atoms with Crippen LogP contribution in [0.2, 0.25) is 0 Å². The van der Waals surface area contributed by atoms with E-state index in [0.717, 1.165) is 119 Å². The lowest BCUT2D eigenvalue weighted by Gasteiger charge is -2.32. The summed E-state index contributed by atoms with van der Waals surface area (Å²) in [4.78, 5) is 48.4. The number of aromatic nitrogens is 4. The zero-order valence-electron chi connectivity index (χ0n) is 38.5. The van der Waals surface area contributed by atoms with Crippen molar-refractivity contribution in [3.63, 3.8) is 0 Å². The van der Waals surface area contributed by atoms with E-state index < -0.39 is 12.1 Å². The van der Waals surface area contributed by atoms with Crippen LogP contribution in [0.3, 0.4) is 0 Å². The number of ether oxygens (including phenoxy) is 2. The van der Waals surface area contributed by atoms with E-state index in [-0.39, 0.29) is 35.3 Å². The van der Waals surface area contributed by atoms with Gasteiger partial charge >= 0.3 is 0 Å². The van der Waals surface area contributed by atoms with Gasteiger partial charge in [0.15, 0.2) is 0 Å². The second-order valence-electron chi connectivity index (χ2n) is 17.4. The normalized spacial score (nSPS) is 15.7. The minimum Gasteiger partial charge on any atom is -0.492 e. The summed E-state index contributed by atoms with van der Waals surface area (Å²) in [6, 6.07) is 34.8. The fraction of sp³-hybridized carbons (Fsp3) is 0.296. The number of carbonyl (C=O) groups is 2. The Hall–Kier alpha value is -6.72. The quantitative estimate of drug-likeness (QED) is 0.0964. The molecule has 2 atom stereocenters. The van der Waals surface area contributed by atoms with Crippen molar-refractivity contribution in [2.45, 2.75) is 37.8 Å². The fourth-order valence-electron chi connectivity index (χ4n) is 8.85. The van der Waals surface area contributed by atoms with E-state index in [2.05, 4.69) is 40.4 Å². The van der Waals surface area contributed by atoms with Crippen LogP contribution in [0.25, 0.3) is 20.4 Å². The molecule has 6 heterocycles. The van der Waals surface area contributed by atoms with Gasteiger partial charge in [-0.1, -0.05) is 36.4 Å². The molecular weight excluding hydrogens is 927 g/mol. The Labute approximate surface area is 413 Å². The van der Waals surface area contributed by atoms with Crippen molar-refractivity contribution in [1.29, 1.82) is 0 Å². The second kappa shape index (κ2) is 23.7. The number of halogens is 2. The van der Waals surface area contributed by atoms with E-state index in [0.29, 0.717) is 13.2 Å². The number of thiazole rings is 2. The summed E-state index contributed by atoms with van der Waals surface area (Å²) in [5.74, 6) is 1.01. The largest absolute Gasteiger partial charge is 0.492 e. The third-order valence-electron chi connectivity index (χ3n) is 12.8. The Morgan fingerprint density at radius 3 is 1.36 bits per heavy atom. The Bertz CT molecular complexity index is 2710. The first kappa shape index (κ1) is 48.3. The fourth-order valence-corrected chi connectivity index (χ4v) is 10.3. The summed E-state index contributed by atoms with van der Waals surface area (Å²) >= 11 is 3.22. The van der Waals surface area contributed by atoms with Crippen LogP contribution in [0, 0.1) is 23.5 Å². The van der Waals surface area contributed by atoms with Crippen molar-refractivity contribution in [3.8, 4) is 11.5 Å². The summed E-state index contributed by atoms with van der Waals surface area (Å²) < 4.78 is 41.1. The Balaban J connectivity index is 0.000000174. The van der Waals surface area contributed by atoms with E-state index in [1.54, 1.807) is 59.3 Å². The van der Waals surface area contributed by atoms with Crippen LogP contribution in [-0.4, -0.2) is 94.0 Å². The van der Waals surface area contributed by atoms with E-state index in [4.69, 9.17) is 9.47 Å². The van der Waals surface area contributed by atoms with Crippen LogP contribution in [0.5, 0.6) is 11.5 Å². The van der Waals surface area contributed by atoms with Crippen molar-refractivity contribution in [2.75, 3.05) is 52.5 Å². The number of amides is 2. The molecule has 0 radical (unpaired) electrons. The average Bonchev–Trinajstić information content (AvgIpc) is 4.09. The van der Waals surface area contributed by atoms with Crippen molar-refractivity contribution in [3.05, 3.63) is 179 Å². The number of likely N-dealkylation sites (tertiary alicyclic amines) is 2. The van der Waals surface area contributed by atoms with Gasteiger partial charge in [-0.15, -0.1) is 22.7 Å². The number of fused-ring (bicyclic) bond motifs is 2. The zero-order valence-corrected chi connectivity index (χ0v) is 40.2. The summed E-state index contributed by atoms with van der Waals surface area (Å²) in [7, 11) is 0. The zero-order chi connectivity index (χ0) is 48.1. The molecule has 2 N–H and O–H groups in total. The van der Waals surface area contributed by atoms with Crippen LogP contribution in [0.1, 0.15) is 60.3 Å². The first-order valence-electron chi connectivity index (χ1n) is 23.6. The molecule has 70 heavy (non-hydrogen) atoms. The first-order chi connectivity index (χ1) is 34.3. The van der Waals surface area contributed by atoms with Crippen molar-refractivity contribution in [1.82, 2.24) is 40.4 Å². The average molecular weight is 981 g/mol. The molecule has 8 aromatic rings. The third-order valence-corrected chi connectivity index (χ3v) is 14.4. The highest BCUT2D eigenvalue weighted by atomic mass is 32.1. The van der Waals surface area contributed by atoms with Gasteiger partial charge in [-0.05, 0) is 148 Å². The summed E-state index contributed by atoms with van der Waals surface area (Å²) in [6.45, 7) is 6.24. The number of benzene rings is 4. The van der Waals surface area contributed by atoms with Gasteiger partial charge in [-0.2, -0.15) is 0 Å². The maximum absolute atomic E-state index is 13.5. The number of rotatable bonds is 16. The highest BCUT2D eigenvalue weighted by Gasteiger charge is 2.29. The van der Waals surface area contributed by atoms with Gasteiger partial charge in [-0.25, -0.2) is 18.7 Å². The van der Waals surface area contributed by atoms with E-state index >= 15 is 0 Å². The molecular formula is C54H54F2N8O4S2. The molecule has 360 valence electrons. The molecule has 0 saturated carbocycles.